The molecule has 0 heterocycles. The molecule has 0 unspecified atom stereocenters. The molecule has 0 saturated heterocycles. The van der Waals surface area contributed by atoms with Crippen molar-refractivity contribution in [3.05, 3.63) is 56.7 Å². The topological polar surface area (TPSA) is 21.3 Å². The zero-order valence-electron chi connectivity index (χ0n) is 10.5. The average molecular weight is 425 g/mol. The van der Waals surface area contributed by atoms with Crippen molar-refractivity contribution in [1.82, 2.24) is 0 Å². The number of halogens is 5. The number of anilines is 1. The van der Waals surface area contributed by atoms with E-state index in [1.54, 1.807) is 24.3 Å². The second-order valence-corrected chi connectivity index (χ2v) is 5.85. The zero-order chi connectivity index (χ0) is 15.4. The van der Waals surface area contributed by atoms with Crippen LogP contribution in [0.15, 0.2) is 45.3 Å². The molecule has 0 amide bonds. The fraction of sp³-hybridized carbons (Fsp3) is 0.143. The van der Waals surface area contributed by atoms with Gasteiger partial charge < -0.3 is 10.1 Å². The normalized spacial score (nSPS) is 10.8. The zero-order valence-corrected chi connectivity index (χ0v) is 13.7. The molecule has 0 aliphatic heterocycles. The standard InChI is InChI=1S/C14H10Br2F3NO/c15-9-4-5-12(21-14(18)19)8(6-9)7-20-13-10(16)2-1-3-11(13)17/h1-6,14,20H,7H2. The highest BCUT2D eigenvalue weighted by molar-refractivity contribution is 9.10. The van der Waals surface area contributed by atoms with E-state index in [9.17, 15) is 13.2 Å². The molecular weight excluding hydrogens is 415 g/mol. The lowest BCUT2D eigenvalue weighted by atomic mass is 10.2. The molecule has 0 spiro atoms. The molecule has 2 aromatic carbocycles. The van der Waals surface area contributed by atoms with Crippen LogP contribution in [-0.2, 0) is 6.54 Å². The molecule has 2 rings (SSSR count). The highest BCUT2D eigenvalue weighted by Crippen LogP contribution is 2.29. The van der Waals surface area contributed by atoms with Crippen LogP contribution in [0.4, 0.5) is 18.9 Å². The summed E-state index contributed by atoms with van der Waals surface area (Å²) in [4.78, 5) is 0. The van der Waals surface area contributed by atoms with E-state index in [2.05, 4.69) is 41.9 Å². The highest BCUT2D eigenvalue weighted by atomic mass is 79.9. The van der Waals surface area contributed by atoms with E-state index in [-0.39, 0.29) is 18.0 Å². The van der Waals surface area contributed by atoms with E-state index in [0.29, 0.717) is 14.5 Å². The molecule has 0 aliphatic carbocycles. The Morgan fingerprint density at radius 1 is 1.14 bits per heavy atom. The van der Waals surface area contributed by atoms with Crippen LogP contribution in [0.5, 0.6) is 5.75 Å². The highest BCUT2D eigenvalue weighted by Gasteiger charge is 2.12. The van der Waals surface area contributed by atoms with Crippen molar-refractivity contribution in [2.75, 3.05) is 5.32 Å². The van der Waals surface area contributed by atoms with Crippen LogP contribution in [0.2, 0.25) is 0 Å². The van der Waals surface area contributed by atoms with Crippen LogP contribution in [-0.4, -0.2) is 6.61 Å². The van der Waals surface area contributed by atoms with Gasteiger partial charge in [-0.25, -0.2) is 4.39 Å². The van der Waals surface area contributed by atoms with Crippen molar-refractivity contribution >= 4 is 37.5 Å². The van der Waals surface area contributed by atoms with E-state index in [0.717, 1.165) is 0 Å². The van der Waals surface area contributed by atoms with Crippen LogP contribution in [0.3, 0.4) is 0 Å². The number of hydrogen-bond acceptors (Lipinski definition) is 2. The van der Waals surface area contributed by atoms with Crippen molar-refractivity contribution in [3.8, 4) is 5.75 Å². The maximum Gasteiger partial charge on any atom is 0.387 e. The van der Waals surface area contributed by atoms with E-state index in [4.69, 9.17) is 0 Å². The largest absolute Gasteiger partial charge is 0.434 e. The smallest absolute Gasteiger partial charge is 0.387 e. The Morgan fingerprint density at radius 3 is 2.57 bits per heavy atom. The van der Waals surface area contributed by atoms with Crippen molar-refractivity contribution in [2.24, 2.45) is 0 Å². The minimum atomic E-state index is -2.91. The number of benzene rings is 2. The van der Waals surface area contributed by atoms with Gasteiger partial charge >= 0.3 is 6.61 Å². The molecule has 0 aliphatic rings. The van der Waals surface area contributed by atoms with Gasteiger partial charge in [-0.05, 0) is 46.3 Å². The van der Waals surface area contributed by atoms with Crippen LogP contribution >= 0.6 is 31.9 Å². The molecule has 1 N–H and O–H groups in total. The van der Waals surface area contributed by atoms with Gasteiger partial charge in [-0.2, -0.15) is 8.78 Å². The monoisotopic (exact) mass is 423 g/mol. The van der Waals surface area contributed by atoms with Gasteiger partial charge in [0.15, 0.2) is 0 Å². The predicted molar refractivity (Wildman–Crippen MR) is 82.2 cm³/mol. The molecule has 0 bridgehead atoms. The summed E-state index contributed by atoms with van der Waals surface area (Å²) < 4.78 is 44.1. The summed E-state index contributed by atoms with van der Waals surface area (Å²) in [7, 11) is 0. The van der Waals surface area contributed by atoms with Crippen molar-refractivity contribution in [2.45, 2.75) is 13.2 Å². The lowest BCUT2D eigenvalue weighted by molar-refractivity contribution is -0.0504. The van der Waals surface area contributed by atoms with Gasteiger partial charge in [-0.1, -0.05) is 22.0 Å². The molecule has 0 fully saturated rings. The van der Waals surface area contributed by atoms with Gasteiger partial charge in [0.2, 0.25) is 0 Å². The number of rotatable bonds is 5. The van der Waals surface area contributed by atoms with E-state index < -0.39 is 12.4 Å². The summed E-state index contributed by atoms with van der Waals surface area (Å²) in [6.45, 7) is -2.77. The van der Waals surface area contributed by atoms with E-state index in [1.165, 1.54) is 12.1 Å². The minimum Gasteiger partial charge on any atom is -0.434 e. The maximum absolute atomic E-state index is 13.7. The Morgan fingerprint density at radius 2 is 1.90 bits per heavy atom. The number of alkyl halides is 2. The van der Waals surface area contributed by atoms with Crippen molar-refractivity contribution in [1.29, 1.82) is 0 Å². The molecule has 21 heavy (non-hydrogen) atoms. The first-order chi connectivity index (χ1) is 9.97. The molecule has 112 valence electrons. The Hall–Kier alpha value is -1.21. The van der Waals surface area contributed by atoms with Gasteiger partial charge in [-0.15, -0.1) is 0 Å². The van der Waals surface area contributed by atoms with Crippen LogP contribution in [0.1, 0.15) is 5.56 Å². The molecule has 2 aromatic rings. The lowest BCUT2D eigenvalue weighted by Gasteiger charge is -2.14. The SMILES string of the molecule is Fc1cccc(Br)c1NCc1cc(Br)ccc1OC(F)F. The minimum absolute atomic E-state index is 0.0492. The second kappa shape index (κ2) is 7.17. The Labute approximate surface area is 136 Å². The number of para-hydroxylation sites is 1. The molecule has 0 atom stereocenters. The third-order valence-corrected chi connectivity index (χ3v) is 3.81. The molecule has 0 aromatic heterocycles. The van der Waals surface area contributed by atoms with Crippen LogP contribution in [0, 0.1) is 5.82 Å². The maximum atomic E-state index is 13.7. The number of nitrogens with one attached hydrogen (secondary N) is 1. The summed E-state index contributed by atoms with van der Waals surface area (Å²) in [5, 5.41) is 2.87. The van der Waals surface area contributed by atoms with Crippen LogP contribution in [0.25, 0.3) is 0 Å². The van der Waals surface area contributed by atoms with E-state index in [1.807, 2.05) is 0 Å². The molecule has 0 saturated carbocycles. The Bertz CT molecular complexity index is 617. The summed E-state index contributed by atoms with van der Waals surface area (Å²) >= 11 is 6.49. The van der Waals surface area contributed by atoms with Gasteiger partial charge in [0, 0.05) is 21.1 Å². The fourth-order valence-corrected chi connectivity index (χ4v) is 2.64. The second-order valence-electron chi connectivity index (χ2n) is 4.08. The average Bonchev–Trinajstić information content (AvgIpc) is 2.40. The molecule has 7 heteroatoms. The molecular formula is C14H10Br2F3NO. The quantitative estimate of drug-likeness (QED) is 0.677. The summed E-state index contributed by atoms with van der Waals surface area (Å²) in [5.41, 5.74) is 0.750. The Balaban J connectivity index is 2.21. The molecule has 2 nitrogen and oxygen atoms in total. The summed E-state index contributed by atoms with van der Waals surface area (Å²) in [6, 6.07) is 9.23. The predicted octanol–water partition coefficient (Wildman–Crippen LogP) is 5.56. The third-order valence-electron chi connectivity index (χ3n) is 2.66. The Kier molecular flexibility index (Phi) is 5.52. The third kappa shape index (κ3) is 4.38. The van der Waals surface area contributed by atoms with Crippen LogP contribution < -0.4 is 10.1 Å². The first-order valence-electron chi connectivity index (χ1n) is 5.88. The number of hydrogen-bond donors (Lipinski definition) is 1. The fourth-order valence-electron chi connectivity index (χ4n) is 1.75. The lowest BCUT2D eigenvalue weighted by Crippen LogP contribution is -2.08. The first kappa shape index (κ1) is 16.2. The summed E-state index contributed by atoms with van der Waals surface area (Å²) in [6.07, 6.45) is 0. The van der Waals surface area contributed by atoms with Crippen molar-refractivity contribution in [3.63, 3.8) is 0 Å². The van der Waals surface area contributed by atoms with Gasteiger partial charge in [-0.3, -0.25) is 0 Å². The van der Waals surface area contributed by atoms with E-state index >= 15 is 0 Å². The van der Waals surface area contributed by atoms with Crippen molar-refractivity contribution < 1.29 is 17.9 Å². The van der Waals surface area contributed by atoms with Gasteiger partial charge in [0.25, 0.3) is 0 Å². The first-order valence-corrected chi connectivity index (χ1v) is 7.47. The van der Waals surface area contributed by atoms with Gasteiger partial charge in [0.05, 0.1) is 5.69 Å². The van der Waals surface area contributed by atoms with Gasteiger partial charge in [0.1, 0.15) is 11.6 Å². The molecule has 0 radical (unpaired) electrons. The summed E-state index contributed by atoms with van der Waals surface area (Å²) in [5.74, 6) is -0.385. The number of ether oxygens (including phenoxy) is 1.